The van der Waals surface area contributed by atoms with Gasteiger partial charge in [0.15, 0.2) is 12.2 Å². The molecule has 0 saturated heterocycles. The molecule has 1 amide bonds. The zero-order chi connectivity index (χ0) is 17.1. The number of benzene rings is 2. The number of aromatic nitrogens is 1. The van der Waals surface area contributed by atoms with Crippen molar-refractivity contribution in [2.75, 3.05) is 6.61 Å². The maximum absolute atomic E-state index is 12.8. The van der Waals surface area contributed by atoms with Gasteiger partial charge in [0.2, 0.25) is 0 Å². The van der Waals surface area contributed by atoms with E-state index < -0.39 is 5.76 Å². The Balaban J connectivity index is 1.57. The van der Waals surface area contributed by atoms with E-state index in [0.717, 1.165) is 5.56 Å². The second-order valence-corrected chi connectivity index (χ2v) is 5.25. The van der Waals surface area contributed by atoms with Crippen molar-refractivity contribution in [1.82, 2.24) is 9.88 Å². The number of oxazole rings is 1. The predicted octanol–water partition coefficient (Wildman–Crippen LogP) is 1.97. The number of nitrogens with one attached hydrogen (secondary N) is 1. The van der Waals surface area contributed by atoms with Crippen LogP contribution in [0.25, 0.3) is 11.1 Å². The normalized spacial score (nSPS) is 10.8. The number of amides is 1. The summed E-state index contributed by atoms with van der Waals surface area (Å²) in [5, 5.41) is 2.72. The lowest BCUT2D eigenvalue weighted by Crippen LogP contribution is -2.28. The van der Waals surface area contributed by atoms with Gasteiger partial charge in [-0.15, -0.1) is 0 Å². The van der Waals surface area contributed by atoms with Crippen LogP contribution in [0.15, 0.2) is 51.7 Å². The summed E-state index contributed by atoms with van der Waals surface area (Å²) in [6.07, 6.45) is 0. The third-order valence-corrected chi connectivity index (χ3v) is 3.53. The fraction of sp³-hybridized carbons (Fsp3) is 0.176. The predicted molar refractivity (Wildman–Crippen MR) is 85.2 cm³/mol. The van der Waals surface area contributed by atoms with Crippen LogP contribution < -0.4 is 15.8 Å². The first-order valence-corrected chi connectivity index (χ1v) is 7.26. The van der Waals surface area contributed by atoms with Gasteiger partial charge in [-0.05, 0) is 42.0 Å². The molecule has 2 aromatic carbocycles. The monoisotopic (exact) mass is 330 g/mol. The Labute approximate surface area is 136 Å². The highest BCUT2D eigenvalue weighted by molar-refractivity contribution is 5.78. The van der Waals surface area contributed by atoms with Gasteiger partial charge in [0, 0.05) is 13.6 Å². The molecule has 0 saturated carbocycles. The van der Waals surface area contributed by atoms with Crippen LogP contribution >= 0.6 is 0 Å². The van der Waals surface area contributed by atoms with Gasteiger partial charge in [-0.25, -0.2) is 9.18 Å². The van der Waals surface area contributed by atoms with Gasteiger partial charge in [0.25, 0.3) is 5.91 Å². The molecule has 1 N–H and O–H groups in total. The highest BCUT2D eigenvalue weighted by Crippen LogP contribution is 2.14. The summed E-state index contributed by atoms with van der Waals surface area (Å²) in [7, 11) is 1.62. The SMILES string of the molecule is Cn1c(=O)oc2ccc(CNC(=O)COc3ccc(F)cc3)cc21. The molecule has 0 spiro atoms. The molecule has 1 aromatic heterocycles. The summed E-state index contributed by atoms with van der Waals surface area (Å²) in [4.78, 5) is 23.3. The van der Waals surface area contributed by atoms with Crippen LogP contribution in [0.4, 0.5) is 4.39 Å². The lowest BCUT2D eigenvalue weighted by molar-refractivity contribution is -0.123. The van der Waals surface area contributed by atoms with Crippen molar-refractivity contribution < 1.29 is 18.3 Å². The van der Waals surface area contributed by atoms with E-state index in [1.165, 1.54) is 28.8 Å². The average molecular weight is 330 g/mol. The Bertz CT molecular complexity index is 928. The van der Waals surface area contributed by atoms with Crippen molar-refractivity contribution in [3.8, 4) is 5.75 Å². The van der Waals surface area contributed by atoms with Crippen molar-refractivity contribution >= 4 is 17.0 Å². The molecule has 0 aliphatic heterocycles. The second-order valence-electron chi connectivity index (χ2n) is 5.25. The van der Waals surface area contributed by atoms with Crippen LogP contribution in [-0.4, -0.2) is 17.1 Å². The lowest BCUT2D eigenvalue weighted by Gasteiger charge is -2.08. The molecule has 3 rings (SSSR count). The summed E-state index contributed by atoms with van der Waals surface area (Å²) in [5.41, 5.74) is 1.99. The van der Waals surface area contributed by atoms with Crippen molar-refractivity contribution in [1.29, 1.82) is 0 Å². The van der Waals surface area contributed by atoms with Crippen molar-refractivity contribution in [3.63, 3.8) is 0 Å². The fourth-order valence-electron chi connectivity index (χ4n) is 2.21. The quantitative estimate of drug-likeness (QED) is 0.776. The standard InChI is InChI=1S/C17H15FN2O4/c1-20-14-8-11(2-7-15(14)24-17(20)22)9-19-16(21)10-23-13-5-3-12(18)4-6-13/h2-8H,9-10H2,1H3,(H,19,21). The summed E-state index contributed by atoms with van der Waals surface area (Å²) >= 11 is 0. The van der Waals surface area contributed by atoms with Gasteiger partial charge in [0.1, 0.15) is 11.6 Å². The number of hydrogen-bond acceptors (Lipinski definition) is 4. The van der Waals surface area contributed by atoms with E-state index in [0.29, 0.717) is 23.4 Å². The molecule has 24 heavy (non-hydrogen) atoms. The minimum Gasteiger partial charge on any atom is -0.484 e. The minimum absolute atomic E-state index is 0.169. The Morgan fingerprint density at radius 1 is 1.25 bits per heavy atom. The van der Waals surface area contributed by atoms with Crippen LogP contribution in [0.2, 0.25) is 0 Å². The van der Waals surface area contributed by atoms with Gasteiger partial charge in [-0.2, -0.15) is 0 Å². The lowest BCUT2D eigenvalue weighted by atomic mass is 10.2. The zero-order valence-corrected chi connectivity index (χ0v) is 12.9. The highest BCUT2D eigenvalue weighted by Gasteiger charge is 2.08. The smallest absolute Gasteiger partial charge is 0.419 e. The molecule has 0 aliphatic carbocycles. The van der Waals surface area contributed by atoms with Crippen LogP contribution in [0.1, 0.15) is 5.56 Å². The van der Waals surface area contributed by atoms with Crippen LogP contribution in [0, 0.1) is 5.82 Å². The van der Waals surface area contributed by atoms with E-state index in [1.54, 1.807) is 25.2 Å². The Hall–Kier alpha value is -3.09. The zero-order valence-electron chi connectivity index (χ0n) is 12.9. The number of aryl methyl sites for hydroxylation is 1. The molecule has 6 nitrogen and oxygen atoms in total. The maximum atomic E-state index is 12.8. The van der Waals surface area contributed by atoms with E-state index >= 15 is 0 Å². The molecular formula is C17H15FN2O4. The highest BCUT2D eigenvalue weighted by atomic mass is 19.1. The first-order chi connectivity index (χ1) is 11.5. The third-order valence-electron chi connectivity index (χ3n) is 3.53. The first-order valence-electron chi connectivity index (χ1n) is 7.26. The summed E-state index contributed by atoms with van der Waals surface area (Å²) < 4.78 is 24.5. The van der Waals surface area contributed by atoms with E-state index in [1.807, 2.05) is 0 Å². The molecule has 7 heteroatoms. The van der Waals surface area contributed by atoms with E-state index in [-0.39, 0.29) is 18.3 Å². The van der Waals surface area contributed by atoms with Gasteiger partial charge >= 0.3 is 5.76 Å². The summed E-state index contributed by atoms with van der Waals surface area (Å²) in [5.74, 6) is -0.684. The first kappa shape index (κ1) is 15.8. The van der Waals surface area contributed by atoms with Crippen LogP contribution in [0.3, 0.4) is 0 Å². The Morgan fingerprint density at radius 3 is 2.75 bits per heavy atom. The summed E-state index contributed by atoms with van der Waals surface area (Å²) in [6.45, 7) is 0.124. The van der Waals surface area contributed by atoms with Crippen molar-refractivity contribution in [3.05, 3.63) is 64.4 Å². The van der Waals surface area contributed by atoms with E-state index in [4.69, 9.17) is 9.15 Å². The molecule has 0 atom stereocenters. The number of ether oxygens (including phenoxy) is 1. The number of carbonyl (C=O) groups is 1. The molecule has 0 radical (unpaired) electrons. The Kier molecular flexibility index (Phi) is 4.33. The number of carbonyl (C=O) groups excluding carboxylic acids is 1. The molecule has 0 bridgehead atoms. The number of fused-ring (bicyclic) bond motifs is 1. The molecule has 3 aromatic rings. The molecule has 0 aliphatic rings. The molecular weight excluding hydrogens is 315 g/mol. The van der Waals surface area contributed by atoms with Gasteiger partial charge in [0.05, 0.1) is 5.52 Å². The van der Waals surface area contributed by atoms with E-state index in [2.05, 4.69) is 5.32 Å². The molecule has 1 heterocycles. The maximum Gasteiger partial charge on any atom is 0.419 e. The second kappa shape index (κ2) is 6.57. The number of rotatable bonds is 5. The van der Waals surface area contributed by atoms with Crippen LogP contribution in [0.5, 0.6) is 5.75 Å². The van der Waals surface area contributed by atoms with Crippen molar-refractivity contribution in [2.24, 2.45) is 7.05 Å². The van der Waals surface area contributed by atoms with Gasteiger partial charge < -0.3 is 14.5 Å². The van der Waals surface area contributed by atoms with Gasteiger partial charge in [-0.1, -0.05) is 6.07 Å². The average Bonchev–Trinajstić information content (AvgIpc) is 2.87. The molecule has 0 fully saturated rings. The van der Waals surface area contributed by atoms with Crippen molar-refractivity contribution in [2.45, 2.75) is 6.54 Å². The molecule has 0 unspecified atom stereocenters. The van der Waals surface area contributed by atoms with Crippen LogP contribution in [-0.2, 0) is 18.4 Å². The van der Waals surface area contributed by atoms with Gasteiger partial charge in [-0.3, -0.25) is 9.36 Å². The molecule has 124 valence electrons. The fourth-order valence-corrected chi connectivity index (χ4v) is 2.21. The van der Waals surface area contributed by atoms with E-state index in [9.17, 15) is 14.0 Å². The third kappa shape index (κ3) is 3.45. The minimum atomic E-state index is -0.432. The topological polar surface area (TPSA) is 73.5 Å². The number of hydrogen-bond donors (Lipinski definition) is 1. The number of halogens is 1. The number of nitrogens with zero attached hydrogens (tertiary/aromatic N) is 1. The summed E-state index contributed by atoms with van der Waals surface area (Å²) in [6, 6.07) is 10.7. The Morgan fingerprint density at radius 2 is 2.00 bits per heavy atom. The largest absolute Gasteiger partial charge is 0.484 e.